The molecule has 138 valence electrons. The van der Waals surface area contributed by atoms with Gasteiger partial charge in [-0.25, -0.2) is 9.97 Å². The number of anilines is 1. The van der Waals surface area contributed by atoms with Gasteiger partial charge in [0.25, 0.3) is 5.56 Å². The van der Waals surface area contributed by atoms with Crippen LogP contribution in [0.15, 0.2) is 33.9 Å². The van der Waals surface area contributed by atoms with Crippen LogP contribution in [-0.4, -0.2) is 37.1 Å². The van der Waals surface area contributed by atoms with Crippen molar-refractivity contribution in [3.8, 4) is 5.75 Å². The predicted molar refractivity (Wildman–Crippen MR) is 97.0 cm³/mol. The van der Waals surface area contributed by atoms with Crippen molar-refractivity contribution < 1.29 is 13.9 Å². The molecule has 0 spiro atoms. The SMILES string of the molecule is COc1cc2nc(NC(=O)Cn3cnc4c3ncc(=O)n4C)oc2cc1Cl. The normalized spacial score (nSPS) is 11.2. The van der Waals surface area contributed by atoms with Gasteiger partial charge >= 0.3 is 6.01 Å². The third kappa shape index (κ3) is 2.99. The Balaban J connectivity index is 1.57. The second-order valence-corrected chi connectivity index (χ2v) is 6.10. The van der Waals surface area contributed by atoms with Crippen LogP contribution < -0.4 is 15.6 Å². The van der Waals surface area contributed by atoms with E-state index in [1.807, 2.05) is 0 Å². The van der Waals surface area contributed by atoms with Gasteiger partial charge in [-0.15, -0.1) is 0 Å². The third-order valence-electron chi connectivity index (χ3n) is 3.96. The van der Waals surface area contributed by atoms with Crippen molar-refractivity contribution in [2.45, 2.75) is 6.54 Å². The van der Waals surface area contributed by atoms with Gasteiger partial charge in [-0.2, -0.15) is 4.98 Å². The molecule has 0 fully saturated rings. The van der Waals surface area contributed by atoms with Crippen molar-refractivity contribution in [2.24, 2.45) is 7.05 Å². The van der Waals surface area contributed by atoms with Crippen LogP contribution >= 0.6 is 11.6 Å². The maximum Gasteiger partial charge on any atom is 0.302 e. The van der Waals surface area contributed by atoms with Crippen molar-refractivity contribution in [2.75, 3.05) is 12.4 Å². The molecule has 0 saturated carbocycles. The Morgan fingerprint density at radius 3 is 2.93 bits per heavy atom. The molecular weight excluding hydrogens is 376 g/mol. The summed E-state index contributed by atoms with van der Waals surface area (Å²) in [7, 11) is 3.08. The van der Waals surface area contributed by atoms with Crippen LogP contribution in [-0.2, 0) is 18.4 Å². The van der Waals surface area contributed by atoms with Gasteiger partial charge < -0.3 is 13.7 Å². The Labute approximate surface area is 156 Å². The highest BCUT2D eigenvalue weighted by atomic mass is 35.5. The smallest absolute Gasteiger partial charge is 0.302 e. The summed E-state index contributed by atoms with van der Waals surface area (Å²) < 4.78 is 13.5. The van der Waals surface area contributed by atoms with Crippen molar-refractivity contribution in [1.82, 2.24) is 24.1 Å². The topological polar surface area (TPSA) is 117 Å². The number of hydrogen-bond acceptors (Lipinski definition) is 7. The van der Waals surface area contributed by atoms with Crippen molar-refractivity contribution in [1.29, 1.82) is 0 Å². The highest BCUT2D eigenvalue weighted by Gasteiger charge is 2.15. The summed E-state index contributed by atoms with van der Waals surface area (Å²) in [6.45, 7) is -0.0789. The summed E-state index contributed by atoms with van der Waals surface area (Å²) in [5.41, 5.74) is 1.44. The number of aryl methyl sites for hydroxylation is 1. The number of imidazole rings is 1. The van der Waals surface area contributed by atoms with E-state index < -0.39 is 5.91 Å². The van der Waals surface area contributed by atoms with Gasteiger partial charge in [0, 0.05) is 19.2 Å². The first-order valence-corrected chi connectivity index (χ1v) is 8.15. The predicted octanol–water partition coefficient (Wildman–Crippen LogP) is 1.57. The molecule has 0 aliphatic rings. The van der Waals surface area contributed by atoms with Crippen molar-refractivity contribution >= 4 is 45.9 Å². The molecule has 11 heteroatoms. The number of halogens is 1. The van der Waals surface area contributed by atoms with E-state index in [4.69, 9.17) is 20.8 Å². The maximum atomic E-state index is 12.3. The van der Waals surface area contributed by atoms with E-state index in [9.17, 15) is 9.59 Å². The Morgan fingerprint density at radius 2 is 2.15 bits per heavy atom. The number of carbonyl (C=O) groups is 1. The molecule has 0 aliphatic heterocycles. The second-order valence-electron chi connectivity index (χ2n) is 5.70. The number of oxazole rings is 1. The average molecular weight is 389 g/mol. The molecule has 0 aliphatic carbocycles. The summed E-state index contributed by atoms with van der Waals surface area (Å²) >= 11 is 6.05. The van der Waals surface area contributed by atoms with Crippen LogP contribution in [0, 0.1) is 0 Å². The van der Waals surface area contributed by atoms with Gasteiger partial charge in [-0.05, 0) is 0 Å². The molecule has 1 amide bonds. The number of nitrogens with one attached hydrogen (secondary N) is 1. The molecule has 1 N–H and O–H groups in total. The van der Waals surface area contributed by atoms with E-state index in [1.165, 1.54) is 28.8 Å². The first-order chi connectivity index (χ1) is 13.0. The summed E-state index contributed by atoms with van der Waals surface area (Å²) in [5.74, 6) is 0.0616. The lowest BCUT2D eigenvalue weighted by molar-refractivity contribution is -0.116. The number of aromatic nitrogens is 5. The monoisotopic (exact) mass is 388 g/mol. The lowest BCUT2D eigenvalue weighted by Gasteiger charge is -2.03. The molecule has 4 aromatic rings. The van der Waals surface area contributed by atoms with E-state index in [-0.39, 0.29) is 18.1 Å². The van der Waals surface area contributed by atoms with E-state index in [0.29, 0.717) is 33.2 Å². The number of fused-ring (bicyclic) bond motifs is 2. The number of nitrogens with zero attached hydrogens (tertiary/aromatic N) is 5. The van der Waals surface area contributed by atoms with E-state index in [2.05, 4.69) is 20.3 Å². The van der Waals surface area contributed by atoms with Gasteiger partial charge in [0.15, 0.2) is 16.9 Å². The number of amides is 1. The molecule has 1 aromatic carbocycles. The van der Waals surface area contributed by atoms with Crippen LogP contribution in [0.2, 0.25) is 5.02 Å². The molecule has 10 nitrogen and oxygen atoms in total. The Kier molecular flexibility index (Phi) is 4.04. The molecule has 0 saturated heterocycles. The molecule has 4 rings (SSSR count). The number of benzene rings is 1. The zero-order valence-corrected chi connectivity index (χ0v) is 15.0. The van der Waals surface area contributed by atoms with Gasteiger partial charge in [0.1, 0.15) is 17.8 Å². The molecule has 3 aromatic heterocycles. The fourth-order valence-electron chi connectivity index (χ4n) is 2.61. The molecular formula is C16H13ClN6O4. The summed E-state index contributed by atoms with van der Waals surface area (Å²) in [5, 5.41) is 2.95. The van der Waals surface area contributed by atoms with Crippen LogP contribution in [0.1, 0.15) is 0 Å². The average Bonchev–Trinajstić information content (AvgIpc) is 3.20. The molecule has 0 atom stereocenters. The minimum Gasteiger partial charge on any atom is -0.495 e. The minimum absolute atomic E-state index is 0.0316. The van der Waals surface area contributed by atoms with E-state index >= 15 is 0 Å². The van der Waals surface area contributed by atoms with Crippen LogP contribution in [0.25, 0.3) is 22.4 Å². The standard InChI is InChI=1S/C16H13ClN6O4/c1-22-13(25)5-18-15-14(22)19-7-23(15)6-12(24)21-16-20-9-4-10(26-2)8(17)3-11(9)27-16/h3-5,7H,6H2,1-2H3,(H,20,21,24). The highest BCUT2D eigenvalue weighted by molar-refractivity contribution is 6.32. The summed E-state index contributed by atoms with van der Waals surface area (Å²) in [6.07, 6.45) is 2.61. The van der Waals surface area contributed by atoms with Crippen molar-refractivity contribution in [3.63, 3.8) is 0 Å². The lowest BCUT2D eigenvalue weighted by Crippen LogP contribution is -2.20. The minimum atomic E-state index is -0.394. The molecule has 0 radical (unpaired) electrons. The summed E-state index contributed by atoms with van der Waals surface area (Å²) in [6, 6.07) is 3.21. The van der Waals surface area contributed by atoms with Gasteiger partial charge in [0.2, 0.25) is 5.91 Å². The highest BCUT2D eigenvalue weighted by Crippen LogP contribution is 2.31. The summed E-state index contributed by atoms with van der Waals surface area (Å²) in [4.78, 5) is 36.3. The zero-order valence-electron chi connectivity index (χ0n) is 14.3. The largest absolute Gasteiger partial charge is 0.495 e. The maximum absolute atomic E-state index is 12.3. The second kappa shape index (κ2) is 6.40. The van der Waals surface area contributed by atoms with Crippen LogP contribution in [0.3, 0.4) is 0 Å². The van der Waals surface area contributed by atoms with Crippen LogP contribution in [0.4, 0.5) is 6.01 Å². The van der Waals surface area contributed by atoms with E-state index in [1.54, 1.807) is 19.2 Å². The van der Waals surface area contributed by atoms with Crippen molar-refractivity contribution in [3.05, 3.63) is 40.0 Å². The zero-order chi connectivity index (χ0) is 19.1. The molecule has 3 heterocycles. The van der Waals surface area contributed by atoms with E-state index in [0.717, 1.165) is 0 Å². The molecule has 0 bridgehead atoms. The first-order valence-electron chi connectivity index (χ1n) is 7.77. The number of hydrogen-bond donors (Lipinski definition) is 1. The Hall–Kier alpha value is -3.40. The van der Waals surface area contributed by atoms with Gasteiger partial charge in [0.05, 0.1) is 24.7 Å². The fraction of sp³-hybridized carbons (Fsp3) is 0.188. The molecule has 27 heavy (non-hydrogen) atoms. The van der Waals surface area contributed by atoms with Crippen LogP contribution in [0.5, 0.6) is 5.75 Å². The quantitative estimate of drug-likeness (QED) is 0.563. The van der Waals surface area contributed by atoms with Gasteiger partial charge in [-0.3, -0.25) is 19.5 Å². The first kappa shape index (κ1) is 17.0. The lowest BCUT2D eigenvalue weighted by atomic mass is 10.3. The number of carbonyl (C=O) groups excluding carboxylic acids is 1. The van der Waals surface area contributed by atoms with Gasteiger partial charge in [-0.1, -0.05) is 11.6 Å². The molecule has 0 unspecified atom stereocenters. The third-order valence-corrected chi connectivity index (χ3v) is 4.25. The number of methoxy groups -OCH3 is 1. The number of rotatable bonds is 4. The Morgan fingerprint density at radius 1 is 1.33 bits per heavy atom. The fourth-order valence-corrected chi connectivity index (χ4v) is 2.84. The Bertz CT molecular complexity index is 1240. The number of ether oxygens (including phenoxy) is 1.